The molecule has 1 aromatic carbocycles. The number of carbonyl (C=O) groups excluding carboxylic acids is 1. The van der Waals surface area contributed by atoms with Gasteiger partial charge < -0.3 is 23.5 Å². The van der Waals surface area contributed by atoms with E-state index in [1.165, 1.54) is 12.7 Å². The fourth-order valence-electron chi connectivity index (χ4n) is 4.29. The maximum atomic E-state index is 13.3. The van der Waals surface area contributed by atoms with E-state index in [0.29, 0.717) is 31.5 Å². The number of rotatable bonds is 9. The van der Waals surface area contributed by atoms with Crippen molar-refractivity contribution in [3.63, 3.8) is 0 Å². The van der Waals surface area contributed by atoms with Crippen LogP contribution in [-0.4, -0.2) is 48.8 Å². The van der Waals surface area contributed by atoms with Crippen LogP contribution in [0.5, 0.6) is 0 Å². The second kappa shape index (κ2) is 10.5. The lowest BCUT2D eigenvalue weighted by atomic mass is 10.0. The monoisotopic (exact) mass is 437 g/mol. The van der Waals surface area contributed by atoms with Gasteiger partial charge in [0.1, 0.15) is 5.69 Å². The Morgan fingerprint density at radius 3 is 2.78 bits per heavy atom. The third kappa shape index (κ3) is 4.88. The zero-order valence-corrected chi connectivity index (χ0v) is 18.8. The summed E-state index contributed by atoms with van der Waals surface area (Å²) in [6.07, 6.45) is 5.70. The van der Waals surface area contributed by atoms with Crippen LogP contribution in [0, 0.1) is 0 Å². The molecular formula is C25H31N3O4. The molecule has 1 amide bonds. The van der Waals surface area contributed by atoms with E-state index in [2.05, 4.69) is 17.0 Å². The highest BCUT2D eigenvalue weighted by Crippen LogP contribution is 2.35. The predicted octanol–water partition coefficient (Wildman–Crippen LogP) is 4.99. The van der Waals surface area contributed by atoms with Gasteiger partial charge in [0.15, 0.2) is 5.76 Å². The summed E-state index contributed by atoms with van der Waals surface area (Å²) in [4.78, 5) is 17.3. The molecule has 2 aromatic heterocycles. The largest absolute Gasteiger partial charge is 0.459 e. The van der Waals surface area contributed by atoms with E-state index >= 15 is 0 Å². The van der Waals surface area contributed by atoms with E-state index in [-0.39, 0.29) is 5.91 Å². The molecule has 7 nitrogen and oxygen atoms in total. The number of hydrogen-bond donors (Lipinski definition) is 0. The molecule has 1 aliphatic heterocycles. The first-order valence-corrected chi connectivity index (χ1v) is 11.3. The highest BCUT2D eigenvalue weighted by atomic mass is 16.5. The second-order valence-electron chi connectivity index (χ2n) is 8.27. The van der Waals surface area contributed by atoms with E-state index < -0.39 is 0 Å². The Morgan fingerprint density at radius 2 is 2.06 bits per heavy atom. The number of ether oxygens (including phenoxy) is 1. The maximum absolute atomic E-state index is 13.3. The van der Waals surface area contributed by atoms with Crippen LogP contribution >= 0.6 is 0 Å². The minimum absolute atomic E-state index is 0.149. The highest BCUT2D eigenvalue weighted by molar-refractivity contribution is 5.91. The summed E-state index contributed by atoms with van der Waals surface area (Å²) in [5.41, 5.74) is 2.69. The van der Waals surface area contributed by atoms with E-state index in [9.17, 15) is 4.79 Å². The molecule has 3 heterocycles. The first-order valence-electron chi connectivity index (χ1n) is 11.3. The molecule has 7 heteroatoms. The quantitative estimate of drug-likeness (QED) is 0.439. The molecule has 1 saturated heterocycles. The average Bonchev–Trinajstić information content (AvgIpc) is 3.50. The van der Waals surface area contributed by atoms with Gasteiger partial charge in [-0.3, -0.25) is 4.79 Å². The molecular weight excluding hydrogens is 406 g/mol. The molecule has 170 valence electrons. The van der Waals surface area contributed by atoms with Crippen LogP contribution < -0.4 is 4.90 Å². The standard InChI is InChI=1S/C25H31N3O4/c1-19-10-6-7-15-28(19)25-21(23(26-32-25)20-11-4-3-5-12-20)18-27(14-9-16-30-2)24(29)22-13-8-17-31-22/h3-5,8,11-13,17,19H,6-7,9-10,14-16,18H2,1-2H3. The topological polar surface area (TPSA) is 72.0 Å². The molecule has 0 radical (unpaired) electrons. The van der Waals surface area contributed by atoms with Crippen molar-refractivity contribution in [2.24, 2.45) is 0 Å². The number of piperidine rings is 1. The number of benzene rings is 1. The molecule has 1 fully saturated rings. The van der Waals surface area contributed by atoms with Crippen LogP contribution in [0.25, 0.3) is 11.3 Å². The molecule has 1 unspecified atom stereocenters. The summed E-state index contributed by atoms with van der Waals surface area (Å²) in [5, 5.41) is 4.46. The zero-order chi connectivity index (χ0) is 22.3. The Morgan fingerprint density at radius 1 is 1.22 bits per heavy atom. The minimum atomic E-state index is -0.149. The zero-order valence-electron chi connectivity index (χ0n) is 18.8. The lowest BCUT2D eigenvalue weighted by Gasteiger charge is -2.34. The minimum Gasteiger partial charge on any atom is -0.459 e. The van der Waals surface area contributed by atoms with Crippen LogP contribution in [0.4, 0.5) is 5.88 Å². The van der Waals surface area contributed by atoms with Crippen molar-refractivity contribution in [3.05, 3.63) is 60.1 Å². The average molecular weight is 438 g/mol. The van der Waals surface area contributed by atoms with Crippen molar-refractivity contribution in [1.82, 2.24) is 10.1 Å². The van der Waals surface area contributed by atoms with E-state index in [4.69, 9.17) is 13.7 Å². The van der Waals surface area contributed by atoms with Gasteiger partial charge in [0, 0.05) is 38.4 Å². The third-order valence-electron chi connectivity index (χ3n) is 6.02. The van der Waals surface area contributed by atoms with E-state index in [1.54, 1.807) is 24.1 Å². The first kappa shape index (κ1) is 22.1. The van der Waals surface area contributed by atoms with Gasteiger partial charge in [-0.1, -0.05) is 35.5 Å². The smallest absolute Gasteiger partial charge is 0.289 e. The van der Waals surface area contributed by atoms with E-state index in [1.807, 2.05) is 30.3 Å². The Hall–Kier alpha value is -3.06. The fraction of sp³-hybridized carbons (Fsp3) is 0.440. The Bertz CT molecular complexity index is 984. The van der Waals surface area contributed by atoms with Gasteiger partial charge in [0.2, 0.25) is 5.88 Å². The van der Waals surface area contributed by atoms with Crippen molar-refractivity contribution in [1.29, 1.82) is 0 Å². The summed E-state index contributed by atoms with van der Waals surface area (Å²) in [5.74, 6) is 0.942. The number of furan rings is 1. The van der Waals surface area contributed by atoms with Crippen molar-refractivity contribution in [2.75, 3.05) is 31.7 Å². The molecule has 0 saturated carbocycles. The summed E-state index contributed by atoms with van der Waals surface area (Å²) in [7, 11) is 1.67. The SMILES string of the molecule is COCCCN(Cc1c(-c2ccccc2)noc1N1CCCCC1C)C(=O)c1ccco1. The van der Waals surface area contributed by atoms with Gasteiger partial charge in [-0.25, -0.2) is 0 Å². The third-order valence-corrected chi connectivity index (χ3v) is 6.02. The second-order valence-corrected chi connectivity index (χ2v) is 8.27. The van der Waals surface area contributed by atoms with Crippen LogP contribution in [0.3, 0.4) is 0 Å². The maximum Gasteiger partial charge on any atom is 0.289 e. The van der Waals surface area contributed by atoms with Gasteiger partial charge in [-0.2, -0.15) is 0 Å². The van der Waals surface area contributed by atoms with Crippen molar-refractivity contribution in [2.45, 2.75) is 45.2 Å². The van der Waals surface area contributed by atoms with Crippen molar-refractivity contribution >= 4 is 11.8 Å². The van der Waals surface area contributed by atoms with E-state index in [0.717, 1.165) is 48.5 Å². The van der Waals surface area contributed by atoms with Crippen LogP contribution in [-0.2, 0) is 11.3 Å². The molecule has 0 N–H and O–H groups in total. The molecule has 3 aromatic rings. The molecule has 0 bridgehead atoms. The number of amides is 1. The number of methoxy groups -OCH3 is 1. The van der Waals surface area contributed by atoms with Gasteiger partial charge in [-0.05, 0) is 44.7 Å². The molecule has 32 heavy (non-hydrogen) atoms. The summed E-state index contributed by atoms with van der Waals surface area (Å²) >= 11 is 0. The Balaban J connectivity index is 1.71. The Kier molecular flexibility index (Phi) is 7.27. The highest BCUT2D eigenvalue weighted by Gasteiger charge is 2.30. The number of carbonyl (C=O) groups is 1. The van der Waals surface area contributed by atoms with Crippen molar-refractivity contribution in [3.8, 4) is 11.3 Å². The number of aromatic nitrogens is 1. The predicted molar refractivity (Wildman–Crippen MR) is 123 cm³/mol. The molecule has 0 spiro atoms. The number of hydrogen-bond acceptors (Lipinski definition) is 6. The molecule has 0 aliphatic carbocycles. The lowest BCUT2D eigenvalue weighted by Crippen LogP contribution is -2.38. The Labute approximate surface area is 188 Å². The number of anilines is 1. The van der Waals surface area contributed by atoms with Crippen molar-refractivity contribution < 1.29 is 18.5 Å². The molecule has 1 aliphatic rings. The van der Waals surface area contributed by atoms with Crippen LogP contribution in [0.2, 0.25) is 0 Å². The van der Waals surface area contributed by atoms with Gasteiger partial charge in [0.05, 0.1) is 18.4 Å². The summed E-state index contributed by atoms with van der Waals surface area (Å²) in [6, 6.07) is 13.8. The molecule has 1 atom stereocenters. The fourth-order valence-corrected chi connectivity index (χ4v) is 4.29. The van der Waals surface area contributed by atoms with Gasteiger partial charge in [0.25, 0.3) is 5.91 Å². The normalized spacial score (nSPS) is 16.3. The number of nitrogens with zero attached hydrogens (tertiary/aromatic N) is 3. The molecule has 4 rings (SSSR count). The first-order chi connectivity index (χ1) is 15.7. The lowest BCUT2D eigenvalue weighted by molar-refractivity contribution is 0.0692. The van der Waals surface area contributed by atoms with Gasteiger partial charge >= 0.3 is 0 Å². The summed E-state index contributed by atoms with van der Waals surface area (Å²) in [6.45, 7) is 4.65. The van der Waals surface area contributed by atoms with Crippen LogP contribution in [0.1, 0.15) is 48.7 Å². The van der Waals surface area contributed by atoms with Crippen LogP contribution in [0.15, 0.2) is 57.7 Å². The summed E-state index contributed by atoms with van der Waals surface area (Å²) < 4.78 is 16.6. The van der Waals surface area contributed by atoms with Gasteiger partial charge in [-0.15, -0.1) is 0 Å².